The third-order valence-corrected chi connectivity index (χ3v) is 1.72. The van der Waals surface area contributed by atoms with Crippen molar-refractivity contribution >= 4 is 0 Å². The summed E-state index contributed by atoms with van der Waals surface area (Å²) in [5.74, 6) is 6.55. The first-order valence-corrected chi connectivity index (χ1v) is 3.46. The average Bonchev–Trinajstić information content (AvgIpc) is 2.09. The van der Waals surface area contributed by atoms with Crippen molar-refractivity contribution in [2.45, 2.75) is 27.2 Å². The SMILES string of the molecule is CCc1c(C)nc(C)n1N. The summed E-state index contributed by atoms with van der Waals surface area (Å²) in [6.45, 7) is 5.97. The number of rotatable bonds is 1. The maximum atomic E-state index is 5.67. The van der Waals surface area contributed by atoms with Crippen LogP contribution in [-0.4, -0.2) is 9.66 Å². The average molecular weight is 139 g/mol. The molecule has 10 heavy (non-hydrogen) atoms. The minimum atomic E-state index is 0.884. The van der Waals surface area contributed by atoms with Crippen LogP contribution in [0.1, 0.15) is 24.1 Å². The Morgan fingerprint density at radius 2 is 2.10 bits per heavy atom. The zero-order valence-corrected chi connectivity index (χ0v) is 6.68. The molecular formula is C7H13N3. The van der Waals surface area contributed by atoms with Crippen molar-refractivity contribution in [3.05, 3.63) is 17.2 Å². The molecule has 0 atom stereocenters. The van der Waals surface area contributed by atoms with Crippen molar-refractivity contribution in [2.24, 2.45) is 0 Å². The molecule has 0 aliphatic heterocycles. The molecule has 1 aromatic rings. The lowest BCUT2D eigenvalue weighted by Gasteiger charge is -1.99. The molecule has 0 spiro atoms. The van der Waals surface area contributed by atoms with E-state index in [9.17, 15) is 0 Å². The van der Waals surface area contributed by atoms with Crippen LogP contribution in [0.25, 0.3) is 0 Å². The molecule has 1 aromatic heterocycles. The van der Waals surface area contributed by atoms with Crippen LogP contribution in [0.4, 0.5) is 0 Å². The van der Waals surface area contributed by atoms with E-state index in [0.717, 1.165) is 23.6 Å². The van der Waals surface area contributed by atoms with Crippen LogP contribution in [-0.2, 0) is 6.42 Å². The van der Waals surface area contributed by atoms with E-state index in [1.807, 2.05) is 13.8 Å². The van der Waals surface area contributed by atoms with Gasteiger partial charge in [0.1, 0.15) is 5.82 Å². The molecule has 0 aliphatic rings. The van der Waals surface area contributed by atoms with Gasteiger partial charge in [0, 0.05) is 0 Å². The first-order valence-electron chi connectivity index (χ1n) is 3.46. The van der Waals surface area contributed by atoms with Gasteiger partial charge >= 0.3 is 0 Å². The molecule has 3 nitrogen and oxygen atoms in total. The van der Waals surface area contributed by atoms with Gasteiger partial charge in [-0.1, -0.05) is 6.92 Å². The molecule has 0 aromatic carbocycles. The normalized spacial score (nSPS) is 10.3. The van der Waals surface area contributed by atoms with E-state index in [0.29, 0.717) is 0 Å². The van der Waals surface area contributed by atoms with Crippen LogP contribution >= 0.6 is 0 Å². The Bertz CT molecular complexity index is 237. The molecule has 0 amide bonds. The Hall–Kier alpha value is -0.990. The van der Waals surface area contributed by atoms with Gasteiger partial charge in [-0.05, 0) is 20.3 Å². The molecule has 1 rings (SSSR count). The summed E-state index contributed by atoms with van der Waals surface area (Å²) in [4.78, 5) is 4.22. The first kappa shape index (κ1) is 7.12. The van der Waals surface area contributed by atoms with Crippen molar-refractivity contribution in [2.75, 3.05) is 5.84 Å². The monoisotopic (exact) mass is 139 g/mol. The highest BCUT2D eigenvalue weighted by Gasteiger charge is 2.05. The Morgan fingerprint density at radius 3 is 2.30 bits per heavy atom. The number of aromatic nitrogens is 2. The predicted octanol–water partition coefficient (Wildman–Crippen LogP) is 0.776. The summed E-state index contributed by atoms with van der Waals surface area (Å²) in [7, 11) is 0. The summed E-state index contributed by atoms with van der Waals surface area (Å²) in [5, 5.41) is 0. The molecular weight excluding hydrogens is 126 g/mol. The van der Waals surface area contributed by atoms with Crippen LogP contribution in [0.2, 0.25) is 0 Å². The highest BCUT2D eigenvalue weighted by Crippen LogP contribution is 2.06. The summed E-state index contributed by atoms with van der Waals surface area (Å²) in [6.07, 6.45) is 0.948. The standard InChI is InChI=1S/C7H13N3/c1-4-7-5(2)9-6(3)10(7)8/h4,8H2,1-3H3. The van der Waals surface area contributed by atoms with Crippen molar-refractivity contribution in [3.8, 4) is 0 Å². The number of nitrogens with zero attached hydrogens (tertiary/aromatic N) is 2. The van der Waals surface area contributed by atoms with Gasteiger partial charge in [-0.3, -0.25) is 4.68 Å². The fraction of sp³-hybridized carbons (Fsp3) is 0.571. The summed E-state index contributed by atoms with van der Waals surface area (Å²) in [5.41, 5.74) is 2.17. The molecule has 0 aliphatic carbocycles. The molecule has 2 N–H and O–H groups in total. The summed E-state index contributed by atoms with van der Waals surface area (Å²) < 4.78 is 1.65. The number of hydrogen-bond acceptors (Lipinski definition) is 2. The Kier molecular flexibility index (Phi) is 1.66. The number of imidazole rings is 1. The molecule has 0 radical (unpaired) electrons. The molecule has 0 unspecified atom stereocenters. The topological polar surface area (TPSA) is 43.8 Å². The van der Waals surface area contributed by atoms with Crippen molar-refractivity contribution in [1.82, 2.24) is 9.66 Å². The Balaban J connectivity index is 3.20. The van der Waals surface area contributed by atoms with Gasteiger partial charge in [0.25, 0.3) is 0 Å². The third kappa shape index (κ3) is 0.875. The van der Waals surface area contributed by atoms with E-state index in [-0.39, 0.29) is 0 Å². The Labute approximate surface area is 60.8 Å². The smallest absolute Gasteiger partial charge is 0.124 e. The molecule has 1 heterocycles. The first-order chi connectivity index (χ1) is 4.66. The molecule has 3 heteroatoms. The predicted molar refractivity (Wildman–Crippen MR) is 41.2 cm³/mol. The lowest BCUT2D eigenvalue weighted by atomic mass is 10.3. The molecule has 56 valence electrons. The largest absolute Gasteiger partial charge is 0.338 e. The quantitative estimate of drug-likeness (QED) is 0.584. The summed E-state index contributed by atoms with van der Waals surface area (Å²) in [6, 6.07) is 0. The van der Waals surface area contributed by atoms with E-state index in [1.54, 1.807) is 4.68 Å². The fourth-order valence-corrected chi connectivity index (χ4v) is 1.16. The van der Waals surface area contributed by atoms with Crippen LogP contribution in [0, 0.1) is 13.8 Å². The maximum Gasteiger partial charge on any atom is 0.124 e. The van der Waals surface area contributed by atoms with Gasteiger partial charge in [0.2, 0.25) is 0 Å². The van der Waals surface area contributed by atoms with Crippen molar-refractivity contribution in [1.29, 1.82) is 0 Å². The number of nitrogens with two attached hydrogens (primary N) is 1. The van der Waals surface area contributed by atoms with Gasteiger partial charge in [0.05, 0.1) is 11.4 Å². The second kappa shape index (κ2) is 2.33. The highest BCUT2D eigenvalue weighted by molar-refractivity contribution is 5.14. The van der Waals surface area contributed by atoms with E-state index in [1.165, 1.54) is 0 Å². The van der Waals surface area contributed by atoms with Gasteiger partial charge in [0.15, 0.2) is 0 Å². The molecule has 0 saturated heterocycles. The van der Waals surface area contributed by atoms with E-state index >= 15 is 0 Å². The molecule has 0 bridgehead atoms. The minimum Gasteiger partial charge on any atom is -0.338 e. The van der Waals surface area contributed by atoms with Crippen LogP contribution < -0.4 is 5.84 Å². The zero-order valence-electron chi connectivity index (χ0n) is 6.68. The van der Waals surface area contributed by atoms with Gasteiger partial charge in [-0.2, -0.15) is 0 Å². The lowest BCUT2D eigenvalue weighted by Crippen LogP contribution is -2.13. The van der Waals surface area contributed by atoms with Gasteiger partial charge in [-0.25, -0.2) is 4.98 Å². The van der Waals surface area contributed by atoms with Crippen molar-refractivity contribution in [3.63, 3.8) is 0 Å². The van der Waals surface area contributed by atoms with E-state index < -0.39 is 0 Å². The minimum absolute atomic E-state index is 0.884. The number of hydrogen-bond donors (Lipinski definition) is 1. The van der Waals surface area contributed by atoms with E-state index in [2.05, 4.69) is 11.9 Å². The van der Waals surface area contributed by atoms with Gasteiger partial charge < -0.3 is 5.84 Å². The zero-order chi connectivity index (χ0) is 7.72. The van der Waals surface area contributed by atoms with Crippen molar-refractivity contribution < 1.29 is 0 Å². The van der Waals surface area contributed by atoms with Crippen LogP contribution in [0.3, 0.4) is 0 Å². The number of aryl methyl sites for hydroxylation is 2. The second-order valence-electron chi connectivity index (χ2n) is 2.41. The maximum absolute atomic E-state index is 5.67. The lowest BCUT2D eigenvalue weighted by molar-refractivity contribution is 0.852. The number of nitrogen functional groups attached to an aromatic ring is 1. The molecule has 0 saturated carbocycles. The van der Waals surface area contributed by atoms with E-state index in [4.69, 9.17) is 5.84 Å². The van der Waals surface area contributed by atoms with Gasteiger partial charge in [-0.15, -0.1) is 0 Å². The molecule has 0 fully saturated rings. The highest BCUT2D eigenvalue weighted by atomic mass is 15.3. The Morgan fingerprint density at radius 1 is 1.50 bits per heavy atom. The van der Waals surface area contributed by atoms with Crippen LogP contribution in [0.5, 0.6) is 0 Å². The third-order valence-electron chi connectivity index (χ3n) is 1.72. The summed E-state index contributed by atoms with van der Waals surface area (Å²) >= 11 is 0. The fourth-order valence-electron chi connectivity index (χ4n) is 1.16. The second-order valence-corrected chi connectivity index (χ2v) is 2.41. The van der Waals surface area contributed by atoms with Crippen LogP contribution in [0.15, 0.2) is 0 Å².